The van der Waals surface area contributed by atoms with Crippen molar-refractivity contribution in [1.82, 2.24) is 4.90 Å². The van der Waals surface area contributed by atoms with Crippen molar-refractivity contribution in [3.05, 3.63) is 97.9 Å². The topological polar surface area (TPSA) is 77.9 Å². The van der Waals surface area contributed by atoms with Crippen LogP contribution >= 0.6 is 39.1 Å². The van der Waals surface area contributed by atoms with Crippen LogP contribution in [0.2, 0.25) is 10.0 Å². The molecule has 3 aromatic carbocycles. The summed E-state index contributed by atoms with van der Waals surface area (Å²) in [5.74, 6) is -1.49. The molecule has 1 saturated heterocycles. The van der Waals surface area contributed by atoms with E-state index < -0.39 is 23.4 Å². The molecule has 0 bridgehead atoms. The third-order valence-electron chi connectivity index (χ3n) is 5.76. The number of aromatic carboxylic acids is 1. The van der Waals surface area contributed by atoms with Crippen molar-refractivity contribution in [2.45, 2.75) is 25.4 Å². The molecule has 4 rings (SSSR count). The molecule has 1 aliphatic heterocycles. The fraction of sp³-hybridized carbons (Fsp3) is 0.160. The van der Waals surface area contributed by atoms with Crippen molar-refractivity contribution in [2.24, 2.45) is 0 Å². The van der Waals surface area contributed by atoms with E-state index in [0.29, 0.717) is 15.6 Å². The average molecular weight is 562 g/mol. The molecule has 0 spiro atoms. The standard InChI is InChI=1S/C25H19BrCl2N2O4/c1-25(13-15-5-7-18(26)8-6-15)23(33)30(21-11-19(27)10-20(28)12-21)24(34)29(25)14-16-3-2-4-17(9-16)22(31)32/h2-12H,13-14H2,1H3,(H,31,32)/t25-/m1/s1. The number of rotatable bonds is 6. The van der Waals surface area contributed by atoms with Crippen molar-refractivity contribution in [3.63, 3.8) is 0 Å². The molecule has 1 heterocycles. The fourth-order valence-corrected chi connectivity index (χ4v) is 4.85. The van der Waals surface area contributed by atoms with Crippen molar-refractivity contribution < 1.29 is 19.5 Å². The number of benzene rings is 3. The minimum atomic E-state index is -1.24. The van der Waals surface area contributed by atoms with Gasteiger partial charge in [0.05, 0.1) is 11.3 Å². The van der Waals surface area contributed by atoms with Gasteiger partial charge in [0.1, 0.15) is 5.54 Å². The first-order chi connectivity index (χ1) is 16.1. The van der Waals surface area contributed by atoms with Gasteiger partial charge in [0.15, 0.2) is 0 Å². The molecule has 1 atom stereocenters. The third kappa shape index (κ3) is 4.69. The van der Waals surface area contributed by atoms with E-state index in [1.807, 2.05) is 24.3 Å². The van der Waals surface area contributed by atoms with E-state index in [1.165, 1.54) is 35.2 Å². The second-order valence-electron chi connectivity index (χ2n) is 8.22. The predicted octanol–water partition coefficient (Wildman–Crippen LogP) is 6.42. The number of carboxylic acid groups (broad SMARTS) is 1. The van der Waals surface area contributed by atoms with Crippen LogP contribution in [-0.2, 0) is 17.8 Å². The number of hydrogen-bond acceptors (Lipinski definition) is 3. The molecule has 0 radical (unpaired) electrons. The number of hydrogen-bond donors (Lipinski definition) is 1. The van der Waals surface area contributed by atoms with E-state index in [-0.39, 0.29) is 24.2 Å². The Morgan fingerprint density at radius 1 is 0.971 bits per heavy atom. The normalized spacial score (nSPS) is 18.0. The molecule has 0 saturated carbocycles. The zero-order chi connectivity index (χ0) is 24.6. The first-order valence-electron chi connectivity index (χ1n) is 10.3. The number of halogens is 3. The van der Waals surface area contributed by atoms with Crippen molar-refractivity contribution in [2.75, 3.05) is 4.90 Å². The van der Waals surface area contributed by atoms with Gasteiger partial charge in [0, 0.05) is 27.5 Å². The van der Waals surface area contributed by atoms with Crippen LogP contribution < -0.4 is 4.90 Å². The number of urea groups is 1. The van der Waals surface area contributed by atoms with E-state index >= 15 is 0 Å². The molecule has 6 nitrogen and oxygen atoms in total. The van der Waals surface area contributed by atoms with E-state index in [2.05, 4.69) is 15.9 Å². The third-order valence-corrected chi connectivity index (χ3v) is 6.73. The molecule has 0 aromatic heterocycles. The van der Waals surface area contributed by atoms with Gasteiger partial charge in [-0.2, -0.15) is 0 Å². The summed E-state index contributed by atoms with van der Waals surface area (Å²) in [6.45, 7) is 1.76. The van der Waals surface area contributed by atoms with Crippen LogP contribution in [0.25, 0.3) is 0 Å². The number of amides is 3. The van der Waals surface area contributed by atoms with Gasteiger partial charge < -0.3 is 10.0 Å². The Hall–Kier alpha value is -2.87. The molecule has 1 N–H and O–H groups in total. The average Bonchev–Trinajstić information content (AvgIpc) is 2.95. The Kier molecular flexibility index (Phi) is 6.71. The van der Waals surface area contributed by atoms with Crippen LogP contribution in [0, 0.1) is 0 Å². The first-order valence-corrected chi connectivity index (χ1v) is 11.8. The van der Waals surface area contributed by atoms with Crippen LogP contribution in [-0.4, -0.2) is 33.5 Å². The van der Waals surface area contributed by atoms with Crippen molar-refractivity contribution >= 4 is 62.7 Å². The molecular formula is C25H19BrCl2N2O4. The lowest BCUT2D eigenvalue weighted by atomic mass is 9.90. The van der Waals surface area contributed by atoms with Gasteiger partial charge in [0.2, 0.25) is 0 Å². The number of carbonyl (C=O) groups is 3. The summed E-state index contributed by atoms with van der Waals surface area (Å²) >= 11 is 15.7. The smallest absolute Gasteiger partial charge is 0.335 e. The molecule has 0 aliphatic carbocycles. The molecule has 174 valence electrons. The second kappa shape index (κ2) is 9.41. The van der Waals surface area contributed by atoms with E-state index in [9.17, 15) is 19.5 Å². The lowest BCUT2D eigenvalue weighted by Gasteiger charge is -2.32. The van der Waals surface area contributed by atoms with Crippen LogP contribution in [0.1, 0.15) is 28.4 Å². The summed E-state index contributed by atoms with van der Waals surface area (Å²) in [6.07, 6.45) is 0.258. The van der Waals surface area contributed by atoms with Gasteiger partial charge in [-0.25, -0.2) is 14.5 Å². The summed E-state index contributed by atoms with van der Waals surface area (Å²) in [4.78, 5) is 41.4. The first kappa shape index (κ1) is 24.3. The highest BCUT2D eigenvalue weighted by molar-refractivity contribution is 9.10. The Balaban J connectivity index is 1.78. The molecule has 9 heteroatoms. The Bertz CT molecular complexity index is 1280. The zero-order valence-corrected chi connectivity index (χ0v) is 21.1. The lowest BCUT2D eigenvalue weighted by molar-refractivity contribution is -0.124. The Labute approximate surface area is 214 Å². The number of imide groups is 1. The summed E-state index contributed by atoms with van der Waals surface area (Å²) < 4.78 is 0.896. The lowest BCUT2D eigenvalue weighted by Crippen LogP contribution is -2.48. The number of carboxylic acids is 1. The Morgan fingerprint density at radius 3 is 2.24 bits per heavy atom. The minimum absolute atomic E-state index is 0.0452. The number of carbonyl (C=O) groups excluding carboxylic acids is 2. The Morgan fingerprint density at radius 2 is 1.62 bits per heavy atom. The van der Waals surface area contributed by atoms with Crippen LogP contribution in [0.5, 0.6) is 0 Å². The number of nitrogens with zero attached hydrogens (tertiary/aromatic N) is 2. The molecule has 3 amide bonds. The monoisotopic (exact) mass is 560 g/mol. The van der Waals surface area contributed by atoms with Crippen LogP contribution in [0.3, 0.4) is 0 Å². The molecule has 1 fully saturated rings. The molecule has 1 aliphatic rings. The summed E-state index contributed by atoms with van der Waals surface area (Å²) in [6, 6.07) is 17.8. The maximum absolute atomic E-state index is 13.8. The second-order valence-corrected chi connectivity index (χ2v) is 10.0. The van der Waals surface area contributed by atoms with Crippen LogP contribution in [0.15, 0.2) is 71.2 Å². The summed E-state index contributed by atoms with van der Waals surface area (Å²) in [7, 11) is 0. The molecule has 34 heavy (non-hydrogen) atoms. The van der Waals surface area contributed by atoms with E-state index in [0.717, 1.165) is 14.9 Å². The SMILES string of the molecule is C[C@@]1(Cc2ccc(Br)cc2)C(=O)N(c2cc(Cl)cc(Cl)c2)C(=O)N1Cc1cccc(C(=O)O)c1. The van der Waals surface area contributed by atoms with Gasteiger partial charge in [-0.15, -0.1) is 0 Å². The molecule has 3 aromatic rings. The highest BCUT2D eigenvalue weighted by Crippen LogP contribution is 2.38. The van der Waals surface area contributed by atoms with Crippen LogP contribution in [0.4, 0.5) is 10.5 Å². The van der Waals surface area contributed by atoms with Crippen molar-refractivity contribution in [3.8, 4) is 0 Å². The largest absolute Gasteiger partial charge is 0.478 e. The molecule has 0 unspecified atom stereocenters. The summed E-state index contributed by atoms with van der Waals surface area (Å²) in [5, 5.41) is 9.95. The van der Waals surface area contributed by atoms with Gasteiger partial charge in [0.25, 0.3) is 5.91 Å². The van der Waals surface area contributed by atoms with E-state index in [1.54, 1.807) is 19.1 Å². The highest BCUT2D eigenvalue weighted by Gasteiger charge is 2.54. The highest BCUT2D eigenvalue weighted by atomic mass is 79.9. The quantitative estimate of drug-likeness (QED) is 0.352. The molecular weight excluding hydrogens is 543 g/mol. The number of anilines is 1. The maximum atomic E-state index is 13.8. The van der Waals surface area contributed by atoms with Gasteiger partial charge in [-0.3, -0.25) is 4.79 Å². The summed E-state index contributed by atoms with van der Waals surface area (Å²) in [5.41, 5.74) is 0.593. The van der Waals surface area contributed by atoms with Gasteiger partial charge in [-0.05, 0) is 60.5 Å². The minimum Gasteiger partial charge on any atom is -0.478 e. The van der Waals surface area contributed by atoms with E-state index in [4.69, 9.17) is 23.2 Å². The fourth-order valence-electron chi connectivity index (χ4n) is 4.07. The predicted molar refractivity (Wildman–Crippen MR) is 135 cm³/mol. The zero-order valence-electron chi connectivity index (χ0n) is 18.0. The van der Waals surface area contributed by atoms with Gasteiger partial charge >= 0.3 is 12.0 Å². The van der Waals surface area contributed by atoms with Gasteiger partial charge in [-0.1, -0.05) is 63.4 Å². The maximum Gasteiger partial charge on any atom is 0.335 e. The van der Waals surface area contributed by atoms with Crippen molar-refractivity contribution in [1.29, 1.82) is 0 Å².